The number of esters is 4. The van der Waals surface area contributed by atoms with Crippen LogP contribution < -0.4 is 0 Å². The summed E-state index contributed by atoms with van der Waals surface area (Å²) < 4.78 is 24.7. The first kappa shape index (κ1) is 49.8. The lowest BCUT2D eigenvalue weighted by atomic mass is 9.80. The van der Waals surface area contributed by atoms with Crippen molar-refractivity contribution in [2.45, 2.75) is 231 Å². The molecule has 4 N–H and O–H groups in total. The zero-order chi connectivity index (χ0) is 47.1. The summed E-state index contributed by atoms with van der Waals surface area (Å²) in [6, 6.07) is 2.52. The van der Waals surface area contributed by atoms with Crippen LogP contribution in [0.1, 0.15) is 204 Å². The second-order valence-electron chi connectivity index (χ2n) is 23.4. The van der Waals surface area contributed by atoms with Gasteiger partial charge in [-0.25, -0.2) is 19.2 Å². The summed E-state index contributed by atoms with van der Waals surface area (Å²) in [7, 11) is 0. The molecule has 4 fully saturated rings. The van der Waals surface area contributed by atoms with Crippen molar-refractivity contribution in [2.24, 2.45) is 0 Å². The van der Waals surface area contributed by atoms with Gasteiger partial charge in [0.05, 0.1) is 22.3 Å². The molecule has 4 aliphatic rings. The number of hydrogen-bond donors (Lipinski definition) is 4. The number of hydrogen-bond acceptors (Lipinski definition) is 16. The summed E-state index contributed by atoms with van der Waals surface area (Å²) in [5.41, 5.74) is -8.24. The van der Waals surface area contributed by atoms with Crippen molar-refractivity contribution in [3.05, 3.63) is 34.4 Å². The average Bonchev–Trinajstić information content (AvgIpc) is 3.09. The Morgan fingerprint density at radius 2 is 0.532 bits per heavy atom. The maximum absolute atomic E-state index is 14.9. The van der Waals surface area contributed by atoms with Crippen LogP contribution >= 0.6 is 0 Å². The highest BCUT2D eigenvalue weighted by Gasteiger charge is 2.51. The molecular formula is C46H74N4O12. The van der Waals surface area contributed by atoms with E-state index in [2.05, 4.69) is 0 Å². The van der Waals surface area contributed by atoms with Crippen LogP contribution in [0.15, 0.2) is 12.1 Å². The summed E-state index contributed by atoms with van der Waals surface area (Å²) in [5, 5.41) is 49.0. The van der Waals surface area contributed by atoms with E-state index in [1.54, 1.807) is 0 Å². The van der Waals surface area contributed by atoms with Gasteiger partial charge in [0, 0.05) is 95.7 Å². The molecule has 5 rings (SSSR count). The fourth-order valence-corrected chi connectivity index (χ4v) is 11.3. The van der Waals surface area contributed by atoms with Crippen LogP contribution in [0, 0.1) is 0 Å². The van der Waals surface area contributed by atoms with Gasteiger partial charge in [-0.3, -0.25) is 0 Å². The van der Waals surface area contributed by atoms with Gasteiger partial charge in [-0.2, -0.15) is 20.3 Å². The first-order valence-electron chi connectivity index (χ1n) is 21.9. The third kappa shape index (κ3) is 9.87. The van der Waals surface area contributed by atoms with Crippen molar-refractivity contribution in [3.63, 3.8) is 0 Å². The van der Waals surface area contributed by atoms with Gasteiger partial charge in [-0.15, -0.1) is 0 Å². The fraction of sp³-hybridized carbons (Fsp3) is 0.783. The molecule has 16 heteroatoms. The van der Waals surface area contributed by atoms with Gasteiger partial charge < -0.3 is 39.8 Å². The Kier molecular flexibility index (Phi) is 13.1. The van der Waals surface area contributed by atoms with Crippen LogP contribution in [0.5, 0.6) is 0 Å². The average molecular weight is 875 g/mol. The molecule has 0 atom stereocenters. The van der Waals surface area contributed by atoms with Crippen LogP contribution in [0.2, 0.25) is 0 Å². The van der Waals surface area contributed by atoms with Gasteiger partial charge in [0.25, 0.3) is 0 Å². The molecule has 0 aromatic heterocycles. The first-order chi connectivity index (χ1) is 27.9. The summed E-state index contributed by atoms with van der Waals surface area (Å²) in [4.78, 5) is 59.0. The van der Waals surface area contributed by atoms with E-state index in [0.717, 1.165) is 0 Å². The highest BCUT2D eigenvalue weighted by molar-refractivity contribution is 6.15. The topological polar surface area (TPSA) is 199 Å². The largest absolute Gasteiger partial charge is 0.459 e. The lowest BCUT2D eigenvalue weighted by molar-refractivity contribution is -0.257. The van der Waals surface area contributed by atoms with E-state index >= 15 is 0 Å². The van der Waals surface area contributed by atoms with E-state index in [-0.39, 0.29) is 62.5 Å². The predicted octanol–water partition coefficient (Wildman–Crippen LogP) is 7.96. The van der Waals surface area contributed by atoms with Crippen molar-refractivity contribution in [3.8, 4) is 0 Å². The summed E-state index contributed by atoms with van der Waals surface area (Å²) >= 11 is 0. The maximum Gasteiger partial charge on any atom is 0.340 e. The third-order valence-electron chi connectivity index (χ3n) is 13.6. The molecule has 62 heavy (non-hydrogen) atoms. The molecular weight excluding hydrogens is 801 g/mol. The maximum atomic E-state index is 14.9. The molecule has 0 unspecified atom stereocenters. The summed E-state index contributed by atoms with van der Waals surface area (Å²) in [6.45, 7) is 29.0. The van der Waals surface area contributed by atoms with Gasteiger partial charge in [-0.1, -0.05) is 0 Å². The van der Waals surface area contributed by atoms with E-state index < -0.39 is 104 Å². The minimum absolute atomic E-state index is 0.197. The van der Waals surface area contributed by atoms with E-state index in [0.29, 0.717) is 0 Å². The SMILES string of the molecule is CC1(C)CC(OC(=O)c2ccc(C(=O)OC3CC(C)(C)N(O)C(C)(C)C3)c(C(=O)OC3CC(C)(C)N(O)C(C)(C)C3)c2C(=O)OC2CC(C)(C)N(O)C(C)(C)C2)CC(C)(C)N1O. The molecule has 0 amide bonds. The van der Waals surface area contributed by atoms with Crippen molar-refractivity contribution in [2.75, 3.05) is 0 Å². The molecule has 4 saturated heterocycles. The summed E-state index contributed by atoms with van der Waals surface area (Å²) in [5.74, 6) is -4.05. The van der Waals surface area contributed by atoms with Crippen LogP contribution in [-0.4, -0.2) is 134 Å². The molecule has 0 aliphatic carbocycles. The number of hydroxylamine groups is 8. The normalized spacial score (nSPS) is 26.6. The van der Waals surface area contributed by atoms with Gasteiger partial charge in [0.2, 0.25) is 0 Å². The Morgan fingerprint density at radius 1 is 0.371 bits per heavy atom. The first-order valence-corrected chi connectivity index (χ1v) is 21.9. The Hall–Kier alpha value is -3.22. The van der Waals surface area contributed by atoms with Crippen LogP contribution in [-0.2, 0) is 18.9 Å². The highest BCUT2D eigenvalue weighted by Crippen LogP contribution is 2.43. The van der Waals surface area contributed by atoms with Gasteiger partial charge >= 0.3 is 23.9 Å². The summed E-state index contributed by atoms with van der Waals surface area (Å²) in [6.07, 6.45) is -1.24. The third-order valence-corrected chi connectivity index (χ3v) is 13.6. The minimum Gasteiger partial charge on any atom is -0.459 e. The Labute approximate surface area is 367 Å². The molecule has 1 aromatic rings. The molecule has 0 spiro atoms. The molecule has 1 aromatic carbocycles. The number of carbonyl (C=O) groups is 4. The lowest BCUT2D eigenvalue weighted by Crippen LogP contribution is -2.61. The number of ether oxygens (including phenoxy) is 4. The predicted molar refractivity (Wildman–Crippen MR) is 227 cm³/mol. The molecule has 0 bridgehead atoms. The van der Waals surface area contributed by atoms with Gasteiger partial charge in [0.15, 0.2) is 0 Å². The number of benzene rings is 1. The second-order valence-corrected chi connectivity index (χ2v) is 23.4. The molecule has 16 nitrogen and oxygen atoms in total. The monoisotopic (exact) mass is 875 g/mol. The highest BCUT2D eigenvalue weighted by atomic mass is 16.6. The van der Waals surface area contributed by atoms with Gasteiger partial charge in [0.1, 0.15) is 24.4 Å². The van der Waals surface area contributed by atoms with Crippen LogP contribution in [0.25, 0.3) is 0 Å². The Morgan fingerprint density at radius 3 is 0.710 bits per heavy atom. The molecule has 0 saturated carbocycles. The lowest BCUT2D eigenvalue weighted by Gasteiger charge is -2.51. The number of nitrogens with zero attached hydrogens (tertiary/aromatic N) is 4. The van der Waals surface area contributed by atoms with Crippen molar-refractivity contribution in [1.29, 1.82) is 0 Å². The van der Waals surface area contributed by atoms with Crippen molar-refractivity contribution >= 4 is 23.9 Å². The molecule has 4 aliphatic heterocycles. The van der Waals surface area contributed by atoms with Crippen LogP contribution in [0.4, 0.5) is 0 Å². The Bertz CT molecular complexity index is 1710. The number of carbonyl (C=O) groups excluding carboxylic acids is 4. The minimum atomic E-state index is -1.07. The second kappa shape index (κ2) is 16.3. The van der Waals surface area contributed by atoms with Gasteiger partial charge in [-0.05, 0) is 123 Å². The standard InChI is InChI=1S/C46H74N4O12/c1-39(2)19-27(20-40(3,4)47(39)55)59-35(51)31-17-18-32(36(52)60-28-21-41(5,6)48(56)42(7,8)22-28)34(38(54)62-30-25-45(13,14)50(58)46(15,16)26-30)33(31)37(53)61-29-23-43(9,10)49(57)44(11,12)24-29/h17-18,27-30,55-58H,19-26H2,1-16H3. The number of rotatable bonds is 8. The molecule has 4 heterocycles. The smallest absolute Gasteiger partial charge is 0.340 e. The van der Waals surface area contributed by atoms with E-state index in [4.69, 9.17) is 18.9 Å². The zero-order valence-electron chi connectivity index (χ0n) is 40.0. The molecule has 0 radical (unpaired) electrons. The molecule has 350 valence electrons. The fourth-order valence-electron chi connectivity index (χ4n) is 11.3. The zero-order valence-corrected chi connectivity index (χ0v) is 40.0. The van der Waals surface area contributed by atoms with E-state index in [1.807, 2.05) is 111 Å². The van der Waals surface area contributed by atoms with Crippen LogP contribution in [0.3, 0.4) is 0 Å². The Balaban J connectivity index is 1.66. The van der Waals surface area contributed by atoms with Crippen molar-refractivity contribution < 1.29 is 59.0 Å². The van der Waals surface area contributed by atoms with E-state index in [1.165, 1.54) is 32.4 Å². The number of piperidine rings is 4. The van der Waals surface area contributed by atoms with Crippen molar-refractivity contribution in [1.82, 2.24) is 20.3 Å². The quantitative estimate of drug-likeness (QED) is 0.145. The van der Waals surface area contributed by atoms with E-state index in [9.17, 15) is 40.0 Å².